The summed E-state index contributed by atoms with van der Waals surface area (Å²) in [5.74, 6) is -0.634. The van der Waals surface area contributed by atoms with Crippen LogP contribution in [-0.2, 0) is 14.3 Å². The Labute approximate surface area is 225 Å². The molecule has 208 valence electrons. The standard InChI is InChI=1S/C29H41N3O6/c1-18(2)24(31-28(36)38-29(5,6)7)27(35)32(16-17-33)25(23-19(3)10-9-11-20(23)4)26(34)30-21-12-14-22(37-8)15-13-21/h9-15,18,24-25,33H,16-17H2,1-8H3,(H,30,34)(H,31,36). The van der Waals surface area contributed by atoms with Crippen molar-refractivity contribution < 1.29 is 29.0 Å². The minimum Gasteiger partial charge on any atom is -0.497 e. The number of aliphatic hydroxyl groups excluding tert-OH is 1. The van der Waals surface area contributed by atoms with Crippen molar-refractivity contribution >= 4 is 23.6 Å². The molecule has 3 N–H and O–H groups in total. The number of benzene rings is 2. The highest BCUT2D eigenvalue weighted by Crippen LogP contribution is 2.30. The monoisotopic (exact) mass is 527 g/mol. The summed E-state index contributed by atoms with van der Waals surface area (Å²) in [6.07, 6.45) is -0.736. The van der Waals surface area contributed by atoms with E-state index in [1.165, 1.54) is 4.90 Å². The average Bonchev–Trinajstić information content (AvgIpc) is 2.82. The minimum absolute atomic E-state index is 0.119. The van der Waals surface area contributed by atoms with Crippen molar-refractivity contribution in [3.8, 4) is 5.75 Å². The van der Waals surface area contributed by atoms with Gasteiger partial charge in [-0.1, -0.05) is 32.0 Å². The summed E-state index contributed by atoms with van der Waals surface area (Å²) in [5.41, 5.74) is 2.06. The number of hydrogen-bond donors (Lipinski definition) is 3. The minimum atomic E-state index is -1.07. The highest BCUT2D eigenvalue weighted by molar-refractivity contribution is 5.99. The average molecular weight is 528 g/mol. The molecule has 3 amide bonds. The predicted octanol–water partition coefficient (Wildman–Crippen LogP) is 4.36. The topological polar surface area (TPSA) is 117 Å². The predicted molar refractivity (Wildman–Crippen MR) is 147 cm³/mol. The van der Waals surface area contributed by atoms with Crippen LogP contribution < -0.4 is 15.4 Å². The molecule has 0 aliphatic carbocycles. The molecule has 0 fully saturated rings. The van der Waals surface area contributed by atoms with Crippen molar-refractivity contribution in [3.05, 3.63) is 59.2 Å². The van der Waals surface area contributed by atoms with Crippen LogP contribution in [0.2, 0.25) is 0 Å². The lowest BCUT2D eigenvalue weighted by atomic mass is 9.92. The summed E-state index contributed by atoms with van der Waals surface area (Å²) in [6, 6.07) is 10.4. The van der Waals surface area contributed by atoms with E-state index in [1.807, 2.05) is 32.0 Å². The lowest BCUT2D eigenvalue weighted by Crippen LogP contribution is -2.55. The molecular weight excluding hydrogens is 486 g/mol. The van der Waals surface area contributed by atoms with Crippen LogP contribution in [0.1, 0.15) is 57.4 Å². The Morgan fingerprint density at radius 1 is 1.00 bits per heavy atom. The van der Waals surface area contributed by atoms with Crippen LogP contribution in [0, 0.1) is 19.8 Å². The molecule has 2 aromatic carbocycles. The number of aliphatic hydroxyl groups is 1. The van der Waals surface area contributed by atoms with Gasteiger partial charge >= 0.3 is 6.09 Å². The number of methoxy groups -OCH3 is 1. The first-order chi connectivity index (χ1) is 17.8. The van der Waals surface area contributed by atoms with E-state index < -0.39 is 35.6 Å². The van der Waals surface area contributed by atoms with Gasteiger partial charge in [0.25, 0.3) is 5.91 Å². The van der Waals surface area contributed by atoms with Gasteiger partial charge in [-0.25, -0.2) is 4.79 Å². The summed E-state index contributed by atoms with van der Waals surface area (Å²) >= 11 is 0. The van der Waals surface area contributed by atoms with E-state index >= 15 is 0 Å². The van der Waals surface area contributed by atoms with Crippen molar-refractivity contribution in [3.63, 3.8) is 0 Å². The second kappa shape index (κ2) is 13.3. The van der Waals surface area contributed by atoms with E-state index in [4.69, 9.17) is 9.47 Å². The van der Waals surface area contributed by atoms with E-state index in [9.17, 15) is 19.5 Å². The molecule has 2 atom stereocenters. The van der Waals surface area contributed by atoms with Crippen LogP contribution in [0.4, 0.5) is 10.5 Å². The number of amides is 3. The van der Waals surface area contributed by atoms with E-state index in [0.717, 1.165) is 11.1 Å². The second-order valence-corrected chi connectivity index (χ2v) is 10.5. The SMILES string of the molecule is COc1ccc(NC(=O)C(c2c(C)cccc2C)N(CCO)C(=O)C(NC(=O)OC(C)(C)C)C(C)C)cc1. The van der Waals surface area contributed by atoms with Gasteiger partial charge in [-0.05, 0) is 81.5 Å². The molecule has 0 radical (unpaired) electrons. The number of alkyl carbamates (subject to hydrolysis) is 1. The molecule has 2 aromatic rings. The zero-order chi connectivity index (χ0) is 28.6. The fraction of sp³-hybridized carbons (Fsp3) is 0.483. The quantitative estimate of drug-likeness (QED) is 0.423. The number of carbonyl (C=O) groups excluding carboxylic acids is 3. The smallest absolute Gasteiger partial charge is 0.408 e. The Balaban J connectivity index is 2.54. The molecule has 0 aromatic heterocycles. The van der Waals surface area contributed by atoms with Crippen LogP contribution in [0.15, 0.2) is 42.5 Å². The molecule has 0 spiro atoms. The van der Waals surface area contributed by atoms with Crippen LogP contribution in [-0.4, -0.2) is 59.8 Å². The fourth-order valence-corrected chi connectivity index (χ4v) is 4.17. The van der Waals surface area contributed by atoms with E-state index in [2.05, 4.69) is 10.6 Å². The van der Waals surface area contributed by atoms with Crippen LogP contribution >= 0.6 is 0 Å². The number of anilines is 1. The summed E-state index contributed by atoms with van der Waals surface area (Å²) in [5, 5.41) is 15.5. The summed E-state index contributed by atoms with van der Waals surface area (Å²) in [6.45, 7) is 12.0. The zero-order valence-electron chi connectivity index (χ0n) is 23.6. The van der Waals surface area contributed by atoms with Crippen LogP contribution in [0.25, 0.3) is 0 Å². The van der Waals surface area contributed by atoms with Gasteiger partial charge in [0.2, 0.25) is 5.91 Å². The molecule has 9 nitrogen and oxygen atoms in total. The Morgan fingerprint density at radius 3 is 2.05 bits per heavy atom. The van der Waals surface area contributed by atoms with Crippen molar-refractivity contribution in [1.82, 2.24) is 10.2 Å². The molecule has 0 saturated heterocycles. The van der Waals surface area contributed by atoms with Crippen LogP contribution in [0.5, 0.6) is 5.75 Å². The third kappa shape index (κ3) is 8.21. The third-order valence-corrected chi connectivity index (χ3v) is 5.96. The number of nitrogens with zero attached hydrogens (tertiary/aromatic N) is 1. The summed E-state index contributed by atoms with van der Waals surface area (Å²) in [4.78, 5) is 41.8. The number of hydrogen-bond acceptors (Lipinski definition) is 6. The van der Waals surface area contributed by atoms with Gasteiger partial charge in [0, 0.05) is 12.2 Å². The van der Waals surface area contributed by atoms with Gasteiger partial charge in [-0.15, -0.1) is 0 Å². The number of carbonyl (C=O) groups is 3. The van der Waals surface area contributed by atoms with Crippen molar-refractivity contribution in [1.29, 1.82) is 0 Å². The lowest BCUT2D eigenvalue weighted by Gasteiger charge is -2.36. The van der Waals surface area contributed by atoms with Crippen molar-refractivity contribution in [2.75, 3.05) is 25.6 Å². The Morgan fingerprint density at radius 2 is 1.58 bits per heavy atom. The first-order valence-electron chi connectivity index (χ1n) is 12.7. The van der Waals surface area contributed by atoms with Crippen molar-refractivity contribution in [2.24, 2.45) is 5.92 Å². The highest BCUT2D eigenvalue weighted by Gasteiger charge is 2.38. The molecule has 2 rings (SSSR count). The fourth-order valence-electron chi connectivity index (χ4n) is 4.17. The molecule has 0 aliphatic heterocycles. The Bertz CT molecular complexity index is 1090. The molecule has 9 heteroatoms. The number of rotatable bonds is 10. The molecule has 0 saturated carbocycles. The van der Waals surface area contributed by atoms with E-state index in [-0.39, 0.29) is 19.1 Å². The molecular formula is C29H41N3O6. The van der Waals surface area contributed by atoms with E-state index in [1.54, 1.807) is 66.0 Å². The summed E-state index contributed by atoms with van der Waals surface area (Å²) in [7, 11) is 1.55. The maximum atomic E-state index is 14.0. The van der Waals surface area contributed by atoms with Crippen LogP contribution in [0.3, 0.4) is 0 Å². The molecule has 0 heterocycles. The van der Waals surface area contributed by atoms with Gasteiger partial charge in [0.1, 0.15) is 23.4 Å². The van der Waals surface area contributed by atoms with Crippen molar-refractivity contribution in [2.45, 2.75) is 66.2 Å². The van der Waals surface area contributed by atoms with Gasteiger partial charge < -0.3 is 30.1 Å². The Hall–Kier alpha value is -3.59. The lowest BCUT2D eigenvalue weighted by molar-refractivity contribution is -0.142. The van der Waals surface area contributed by atoms with Gasteiger partial charge in [-0.2, -0.15) is 0 Å². The number of nitrogens with one attached hydrogen (secondary N) is 2. The first-order valence-corrected chi connectivity index (χ1v) is 12.7. The first kappa shape index (κ1) is 30.6. The number of aryl methyl sites for hydroxylation is 2. The normalized spacial score (nSPS) is 12.9. The molecule has 0 bridgehead atoms. The zero-order valence-corrected chi connectivity index (χ0v) is 23.6. The highest BCUT2D eigenvalue weighted by atomic mass is 16.6. The molecule has 0 aliphatic rings. The Kier molecular flexibility index (Phi) is 10.7. The van der Waals surface area contributed by atoms with E-state index in [0.29, 0.717) is 17.0 Å². The maximum Gasteiger partial charge on any atom is 0.408 e. The van der Waals surface area contributed by atoms with Gasteiger partial charge in [0.15, 0.2) is 0 Å². The third-order valence-electron chi connectivity index (χ3n) is 5.96. The van der Waals surface area contributed by atoms with Gasteiger partial charge in [0.05, 0.1) is 13.7 Å². The molecule has 2 unspecified atom stereocenters. The van der Waals surface area contributed by atoms with Gasteiger partial charge in [-0.3, -0.25) is 9.59 Å². The maximum absolute atomic E-state index is 14.0. The largest absolute Gasteiger partial charge is 0.497 e. The molecule has 38 heavy (non-hydrogen) atoms. The number of ether oxygens (including phenoxy) is 2. The second-order valence-electron chi connectivity index (χ2n) is 10.5. The summed E-state index contributed by atoms with van der Waals surface area (Å²) < 4.78 is 10.6.